The van der Waals surface area contributed by atoms with Gasteiger partial charge in [-0.05, 0) is 171 Å². The molecule has 0 aliphatic carbocycles. The minimum Gasteiger partial charge on any atom is -0.440 e. The Hall–Kier alpha value is -5.52. The summed E-state index contributed by atoms with van der Waals surface area (Å²) in [6.45, 7) is 34.8. The van der Waals surface area contributed by atoms with Gasteiger partial charge in [-0.15, -0.1) is 11.3 Å². The van der Waals surface area contributed by atoms with E-state index in [-0.39, 0.29) is 23.0 Å². The van der Waals surface area contributed by atoms with E-state index in [1.54, 1.807) is 0 Å². The summed E-state index contributed by atoms with van der Waals surface area (Å²) in [5.41, 5.74) is 22.5. The molecule has 3 nitrogen and oxygen atoms in total. The second-order valence-electron chi connectivity index (χ2n) is 22.4. The second kappa shape index (κ2) is 14.5. The average Bonchev–Trinajstić information content (AvgIpc) is 3.82. The van der Waals surface area contributed by atoms with E-state index < -0.39 is 0 Å². The van der Waals surface area contributed by atoms with E-state index in [1.165, 1.54) is 115 Å². The molecule has 0 N–H and O–H groups in total. The smallest absolute Gasteiger partial charge is 0.257 e. The molecule has 10 rings (SSSR count). The van der Waals surface area contributed by atoms with E-state index in [0.717, 1.165) is 11.5 Å². The van der Waals surface area contributed by atoms with Gasteiger partial charge >= 0.3 is 0 Å². The Bertz CT molecular complexity index is 3130. The van der Waals surface area contributed by atoms with Crippen LogP contribution in [0.3, 0.4) is 0 Å². The van der Waals surface area contributed by atoms with Gasteiger partial charge < -0.3 is 9.32 Å². The molecule has 0 spiro atoms. The third-order valence-electron chi connectivity index (χ3n) is 14.1. The van der Waals surface area contributed by atoms with Crippen molar-refractivity contribution in [1.29, 1.82) is 0 Å². The number of thiophene rings is 1. The fourth-order valence-corrected chi connectivity index (χ4v) is 11.6. The van der Waals surface area contributed by atoms with Gasteiger partial charge in [-0.1, -0.05) is 125 Å². The quantitative estimate of drug-likeness (QED) is 0.164. The van der Waals surface area contributed by atoms with Crippen molar-refractivity contribution >= 4 is 89.8 Å². The van der Waals surface area contributed by atoms with Gasteiger partial charge in [0.1, 0.15) is 5.58 Å². The number of nitrogens with zero attached hydrogens (tertiary/aromatic N) is 2. The zero-order chi connectivity index (χ0) is 45.5. The molecule has 4 heterocycles. The lowest BCUT2D eigenvalue weighted by Crippen LogP contribution is -2.61. The van der Waals surface area contributed by atoms with Crippen molar-refractivity contribution in [2.45, 2.75) is 126 Å². The molecule has 0 atom stereocenters. The highest BCUT2D eigenvalue weighted by atomic mass is 32.1. The van der Waals surface area contributed by atoms with Crippen LogP contribution in [0.1, 0.15) is 127 Å². The summed E-state index contributed by atoms with van der Waals surface area (Å²) in [5.74, 6) is 1.23. The summed E-state index contributed by atoms with van der Waals surface area (Å²) in [5, 5.41) is 2.50. The van der Waals surface area contributed by atoms with Crippen LogP contribution >= 0.6 is 11.3 Å². The van der Waals surface area contributed by atoms with Crippen molar-refractivity contribution < 1.29 is 4.42 Å². The number of fused-ring (bicyclic) bond motifs is 7. The lowest BCUT2D eigenvalue weighted by molar-refractivity contribution is 0.588. The maximum absolute atomic E-state index is 7.34. The number of hydrogen-bond acceptors (Lipinski definition) is 4. The molecule has 324 valence electrons. The SMILES string of the molecule is Cc1cc(-c2cc3ccccc3s2)cc(C)c1N1c2ccc(C(C)(C)C)cc2B2c3c1cc(C(C)C)cc3N(c1c(C)cc(C(C)(C)C)cc1C)c1oc3ccc(C(C)(C)C)cc3c12. The zero-order valence-corrected chi connectivity index (χ0v) is 41.5. The van der Waals surface area contributed by atoms with Crippen molar-refractivity contribution in [3.8, 4) is 10.4 Å². The minimum atomic E-state index is -0.0598. The van der Waals surface area contributed by atoms with Crippen LogP contribution in [-0.4, -0.2) is 6.71 Å². The van der Waals surface area contributed by atoms with Crippen LogP contribution in [0.15, 0.2) is 108 Å². The highest BCUT2D eigenvalue weighted by Gasteiger charge is 2.48. The number of aryl methyl sites for hydroxylation is 4. The highest BCUT2D eigenvalue weighted by Crippen LogP contribution is 2.51. The van der Waals surface area contributed by atoms with Crippen molar-refractivity contribution in [2.24, 2.45) is 0 Å². The van der Waals surface area contributed by atoms with Crippen LogP contribution < -0.4 is 26.2 Å². The van der Waals surface area contributed by atoms with E-state index in [4.69, 9.17) is 4.42 Å². The van der Waals surface area contributed by atoms with Gasteiger partial charge in [-0.3, -0.25) is 4.90 Å². The summed E-state index contributed by atoms with van der Waals surface area (Å²) >= 11 is 1.88. The standard InChI is InChI=1S/C59H63BN2OS/c1-33(2)39-28-47-53-48(29-39)62(55-36(5)26-43(27-37(55)6)59(13,14)15)56-52(44-31-41(57(7,8)9)21-23-49(44)63-56)60(53)45-32-42(58(10,11)12)20-22-46(45)61(47)54-34(3)24-40(25-35(54)4)51-30-38-18-16-17-19-50(38)64-51/h16-33H,1-15H3. The maximum atomic E-state index is 7.34. The van der Waals surface area contributed by atoms with Gasteiger partial charge in [0.25, 0.3) is 6.71 Å². The first-order chi connectivity index (χ1) is 30.1. The van der Waals surface area contributed by atoms with E-state index in [9.17, 15) is 0 Å². The lowest BCUT2D eigenvalue weighted by atomic mass is 9.33. The molecule has 0 unspecified atom stereocenters. The van der Waals surface area contributed by atoms with Crippen molar-refractivity contribution in [3.63, 3.8) is 0 Å². The Labute approximate surface area is 386 Å². The van der Waals surface area contributed by atoms with Crippen LogP contribution in [0.4, 0.5) is 34.3 Å². The molecule has 0 saturated carbocycles. The van der Waals surface area contributed by atoms with Gasteiger partial charge in [0.2, 0.25) is 5.88 Å². The maximum Gasteiger partial charge on any atom is 0.257 e. The van der Waals surface area contributed by atoms with Gasteiger partial charge in [-0.2, -0.15) is 0 Å². The number of anilines is 6. The zero-order valence-electron chi connectivity index (χ0n) is 40.7. The van der Waals surface area contributed by atoms with E-state index in [1.807, 2.05) is 11.3 Å². The third kappa shape index (κ3) is 6.67. The number of hydrogen-bond donors (Lipinski definition) is 0. The molecular formula is C59H63BN2OS. The van der Waals surface area contributed by atoms with Crippen molar-refractivity contribution in [3.05, 3.63) is 148 Å². The number of benzene rings is 6. The molecule has 6 aromatic carbocycles. The molecule has 2 aliphatic rings. The molecule has 0 bridgehead atoms. The first-order valence-corrected chi connectivity index (χ1v) is 24.1. The molecule has 5 heteroatoms. The summed E-state index contributed by atoms with van der Waals surface area (Å²) in [7, 11) is 0. The van der Waals surface area contributed by atoms with Crippen LogP contribution in [0.25, 0.3) is 31.5 Å². The first kappa shape index (κ1) is 42.4. The largest absolute Gasteiger partial charge is 0.440 e. The third-order valence-corrected chi connectivity index (χ3v) is 15.3. The molecular weight excluding hydrogens is 796 g/mol. The molecule has 0 amide bonds. The Balaban J connectivity index is 1.33. The van der Waals surface area contributed by atoms with Crippen LogP contribution in [0, 0.1) is 27.7 Å². The summed E-state index contributed by atoms with van der Waals surface area (Å²) in [4.78, 5) is 6.46. The van der Waals surface area contributed by atoms with Gasteiger partial charge in [0.15, 0.2) is 0 Å². The molecule has 0 radical (unpaired) electrons. The molecule has 0 saturated heterocycles. The molecule has 64 heavy (non-hydrogen) atoms. The van der Waals surface area contributed by atoms with Crippen molar-refractivity contribution in [2.75, 3.05) is 9.80 Å². The molecule has 2 aliphatic heterocycles. The topological polar surface area (TPSA) is 19.6 Å². The summed E-state index contributed by atoms with van der Waals surface area (Å²) in [6, 6.07) is 40.1. The van der Waals surface area contributed by atoms with Gasteiger partial charge in [-0.25, -0.2) is 0 Å². The number of furan rings is 1. The number of rotatable bonds is 4. The van der Waals surface area contributed by atoms with Gasteiger partial charge in [0.05, 0.1) is 11.4 Å². The predicted molar refractivity (Wildman–Crippen MR) is 280 cm³/mol. The molecule has 8 aromatic rings. The van der Waals surface area contributed by atoms with E-state index in [2.05, 4.69) is 217 Å². The van der Waals surface area contributed by atoms with E-state index in [0.29, 0.717) is 5.92 Å². The van der Waals surface area contributed by atoms with Crippen molar-refractivity contribution in [1.82, 2.24) is 0 Å². The molecule has 2 aromatic heterocycles. The summed E-state index contributed by atoms with van der Waals surface area (Å²) < 4.78 is 8.66. The van der Waals surface area contributed by atoms with Crippen LogP contribution in [-0.2, 0) is 16.2 Å². The normalized spacial score (nSPS) is 13.9. The highest BCUT2D eigenvalue weighted by molar-refractivity contribution is 7.22. The predicted octanol–water partition coefficient (Wildman–Crippen LogP) is 15.6. The first-order valence-electron chi connectivity index (χ1n) is 23.3. The Morgan fingerprint density at radius 2 is 1.11 bits per heavy atom. The van der Waals surface area contributed by atoms with Crippen LogP contribution in [0.5, 0.6) is 0 Å². The molecule has 0 fully saturated rings. The monoisotopic (exact) mass is 858 g/mol. The fraction of sp³-hybridized carbons (Fsp3) is 0.322. The second-order valence-corrected chi connectivity index (χ2v) is 23.4. The average molecular weight is 859 g/mol. The fourth-order valence-electron chi connectivity index (χ4n) is 10.6. The lowest BCUT2D eigenvalue weighted by Gasteiger charge is -2.44. The van der Waals surface area contributed by atoms with Gasteiger partial charge in [0, 0.05) is 37.5 Å². The Morgan fingerprint density at radius 3 is 1.72 bits per heavy atom. The Kier molecular flexibility index (Phi) is 9.61. The van der Waals surface area contributed by atoms with Crippen LogP contribution in [0.2, 0.25) is 0 Å². The Morgan fingerprint density at radius 1 is 0.547 bits per heavy atom. The summed E-state index contributed by atoms with van der Waals surface area (Å²) in [6.07, 6.45) is 0. The van der Waals surface area contributed by atoms with E-state index >= 15 is 0 Å². The minimum absolute atomic E-state index is 0.0167.